The van der Waals surface area contributed by atoms with Crippen molar-refractivity contribution in [2.24, 2.45) is 0 Å². The van der Waals surface area contributed by atoms with Crippen LogP contribution >= 0.6 is 0 Å². The van der Waals surface area contributed by atoms with Crippen LogP contribution in [0.3, 0.4) is 0 Å². The molecular formula is C25H29N3O2. The third-order valence-corrected chi connectivity index (χ3v) is 6.72. The van der Waals surface area contributed by atoms with Gasteiger partial charge in [-0.25, -0.2) is 4.98 Å². The molecule has 156 valence electrons. The van der Waals surface area contributed by atoms with Crippen LogP contribution in [-0.4, -0.2) is 40.1 Å². The average molecular weight is 404 g/mol. The summed E-state index contributed by atoms with van der Waals surface area (Å²) in [6.45, 7) is 1.55. The summed E-state index contributed by atoms with van der Waals surface area (Å²) in [5.41, 5.74) is 3.34. The van der Waals surface area contributed by atoms with Crippen LogP contribution in [0.15, 0.2) is 48.5 Å². The lowest BCUT2D eigenvalue weighted by molar-refractivity contribution is -0.130. The van der Waals surface area contributed by atoms with Crippen molar-refractivity contribution < 1.29 is 9.53 Å². The predicted molar refractivity (Wildman–Crippen MR) is 118 cm³/mol. The number of para-hydroxylation sites is 2. The number of amides is 1. The van der Waals surface area contributed by atoms with Gasteiger partial charge in [-0.1, -0.05) is 43.5 Å². The van der Waals surface area contributed by atoms with E-state index in [1.165, 1.54) is 24.8 Å². The third-order valence-electron chi connectivity index (χ3n) is 6.72. The number of benzene rings is 2. The van der Waals surface area contributed by atoms with E-state index in [9.17, 15) is 4.79 Å². The van der Waals surface area contributed by atoms with Crippen LogP contribution in [0.1, 0.15) is 55.8 Å². The highest BCUT2D eigenvalue weighted by Crippen LogP contribution is 2.35. The van der Waals surface area contributed by atoms with E-state index in [1.54, 1.807) is 7.11 Å². The van der Waals surface area contributed by atoms with Gasteiger partial charge in [0.05, 0.1) is 18.1 Å². The van der Waals surface area contributed by atoms with Gasteiger partial charge < -0.3 is 14.2 Å². The van der Waals surface area contributed by atoms with Crippen LogP contribution in [0.4, 0.5) is 0 Å². The molecule has 2 heterocycles. The van der Waals surface area contributed by atoms with Crippen molar-refractivity contribution in [3.63, 3.8) is 0 Å². The first-order chi connectivity index (χ1) is 14.7. The summed E-state index contributed by atoms with van der Waals surface area (Å²) in [6.07, 6.45) is 6.67. The van der Waals surface area contributed by atoms with Crippen LogP contribution in [0.2, 0.25) is 0 Å². The zero-order valence-corrected chi connectivity index (χ0v) is 17.6. The van der Waals surface area contributed by atoms with Gasteiger partial charge in [0, 0.05) is 31.5 Å². The van der Waals surface area contributed by atoms with Crippen LogP contribution in [0.5, 0.6) is 5.75 Å². The fraction of sp³-hybridized carbons (Fsp3) is 0.440. The molecule has 1 atom stereocenters. The fourth-order valence-electron chi connectivity index (χ4n) is 5.14. The van der Waals surface area contributed by atoms with Gasteiger partial charge in [0.2, 0.25) is 5.91 Å². The Morgan fingerprint density at radius 2 is 1.80 bits per heavy atom. The first kappa shape index (κ1) is 19.2. The monoisotopic (exact) mass is 403 g/mol. The SMILES string of the molecule is COc1ccc(Cn2c(C3CC(=O)N(C4CCCCC4)C3)nc3ccccc32)cc1. The van der Waals surface area contributed by atoms with Crippen LogP contribution in [-0.2, 0) is 11.3 Å². The number of likely N-dealkylation sites (tertiary alicyclic amines) is 1. The molecule has 1 aromatic heterocycles. The van der Waals surface area contributed by atoms with Gasteiger partial charge >= 0.3 is 0 Å². The number of ether oxygens (including phenoxy) is 1. The van der Waals surface area contributed by atoms with Gasteiger partial charge in [0.25, 0.3) is 0 Å². The quantitative estimate of drug-likeness (QED) is 0.618. The van der Waals surface area contributed by atoms with E-state index >= 15 is 0 Å². The Morgan fingerprint density at radius 3 is 2.57 bits per heavy atom. The lowest BCUT2D eigenvalue weighted by atomic mass is 9.94. The Balaban J connectivity index is 1.46. The lowest BCUT2D eigenvalue weighted by Crippen LogP contribution is -2.37. The fourth-order valence-corrected chi connectivity index (χ4v) is 5.14. The number of nitrogens with zero attached hydrogens (tertiary/aromatic N) is 3. The van der Waals surface area contributed by atoms with E-state index in [1.807, 2.05) is 18.2 Å². The summed E-state index contributed by atoms with van der Waals surface area (Å²) in [4.78, 5) is 20.0. The highest BCUT2D eigenvalue weighted by atomic mass is 16.5. The average Bonchev–Trinajstić information content (AvgIpc) is 3.35. The predicted octanol–water partition coefficient (Wildman–Crippen LogP) is 4.74. The molecular weight excluding hydrogens is 374 g/mol. The Labute approximate surface area is 177 Å². The molecule has 30 heavy (non-hydrogen) atoms. The van der Waals surface area contributed by atoms with Gasteiger partial charge in [-0.05, 0) is 42.7 Å². The summed E-state index contributed by atoms with van der Waals surface area (Å²) in [5, 5.41) is 0. The molecule has 1 saturated heterocycles. The molecule has 5 nitrogen and oxygen atoms in total. The topological polar surface area (TPSA) is 47.4 Å². The van der Waals surface area contributed by atoms with Gasteiger partial charge in [0.1, 0.15) is 11.6 Å². The summed E-state index contributed by atoms with van der Waals surface area (Å²) in [5.74, 6) is 2.36. The highest BCUT2D eigenvalue weighted by Gasteiger charge is 2.37. The highest BCUT2D eigenvalue weighted by molar-refractivity contribution is 5.81. The number of hydrogen-bond donors (Lipinski definition) is 0. The molecule has 2 aliphatic rings. The van der Waals surface area contributed by atoms with Crippen molar-refractivity contribution in [1.29, 1.82) is 0 Å². The Hall–Kier alpha value is -2.82. The second-order valence-electron chi connectivity index (χ2n) is 8.63. The molecule has 2 fully saturated rings. The van der Waals surface area contributed by atoms with Crippen molar-refractivity contribution in [2.45, 2.75) is 57.0 Å². The number of imidazole rings is 1. The molecule has 1 amide bonds. The standard InChI is InChI=1S/C25H29N3O2/c1-30-21-13-11-18(12-14-21)16-28-23-10-6-5-9-22(23)26-25(28)19-15-24(29)27(17-19)20-7-3-2-4-8-20/h5-6,9-14,19-20H,2-4,7-8,15-17H2,1H3. The molecule has 1 aliphatic heterocycles. The summed E-state index contributed by atoms with van der Waals surface area (Å²) < 4.78 is 7.60. The zero-order valence-electron chi connectivity index (χ0n) is 17.6. The summed E-state index contributed by atoms with van der Waals surface area (Å²) >= 11 is 0. The summed E-state index contributed by atoms with van der Waals surface area (Å²) in [6, 6.07) is 16.9. The van der Waals surface area contributed by atoms with Crippen molar-refractivity contribution in [3.05, 3.63) is 59.9 Å². The van der Waals surface area contributed by atoms with Crippen molar-refractivity contribution in [1.82, 2.24) is 14.5 Å². The van der Waals surface area contributed by atoms with Gasteiger partial charge in [-0.2, -0.15) is 0 Å². The van der Waals surface area contributed by atoms with Gasteiger partial charge in [0.15, 0.2) is 0 Å². The largest absolute Gasteiger partial charge is 0.497 e. The molecule has 5 rings (SSSR count). The molecule has 3 aromatic rings. The molecule has 1 saturated carbocycles. The lowest BCUT2D eigenvalue weighted by Gasteiger charge is -2.31. The van der Waals surface area contributed by atoms with E-state index < -0.39 is 0 Å². The normalized spacial score (nSPS) is 20.2. The molecule has 0 bridgehead atoms. The second-order valence-corrected chi connectivity index (χ2v) is 8.63. The maximum absolute atomic E-state index is 12.9. The number of rotatable bonds is 5. The van der Waals surface area contributed by atoms with Gasteiger partial charge in [-0.3, -0.25) is 4.79 Å². The first-order valence-electron chi connectivity index (χ1n) is 11.1. The molecule has 0 radical (unpaired) electrons. The van der Waals surface area contributed by atoms with Crippen LogP contribution < -0.4 is 4.74 Å². The second kappa shape index (κ2) is 8.13. The van der Waals surface area contributed by atoms with Crippen molar-refractivity contribution >= 4 is 16.9 Å². The van der Waals surface area contributed by atoms with E-state index in [2.05, 4.69) is 39.8 Å². The number of hydrogen-bond acceptors (Lipinski definition) is 3. The third kappa shape index (κ3) is 3.57. The molecule has 5 heteroatoms. The summed E-state index contributed by atoms with van der Waals surface area (Å²) in [7, 11) is 1.69. The minimum atomic E-state index is 0.157. The van der Waals surface area contributed by atoms with Crippen molar-refractivity contribution in [2.75, 3.05) is 13.7 Å². The molecule has 2 aromatic carbocycles. The van der Waals surface area contributed by atoms with Crippen molar-refractivity contribution in [3.8, 4) is 5.75 Å². The maximum atomic E-state index is 12.9. The Kier molecular flexibility index (Phi) is 5.19. The number of fused-ring (bicyclic) bond motifs is 1. The number of carbonyl (C=O) groups is 1. The Bertz CT molecular complexity index is 1030. The van der Waals surface area contributed by atoms with E-state index in [0.717, 1.165) is 48.5 Å². The molecule has 1 unspecified atom stereocenters. The van der Waals surface area contributed by atoms with E-state index in [4.69, 9.17) is 9.72 Å². The minimum Gasteiger partial charge on any atom is -0.497 e. The number of aromatic nitrogens is 2. The smallest absolute Gasteiger partial charge is 0.223 e. The maximum Gasteiger partial charge on any atom is 0.223 e. The van der Waals surface area contributed by atoms with Crippen LogP contribution in [0, 0.1) is 0 Å². The van der Waals surface area contributed by atoms with Crippen LogP contribution in [0.25, 0.3) is 11.0 Å². The van der Waals surface area contributed by atoms with E-state index in [0.29, 0.717) is 18.4 Å². The van der Waals surface area contributed by atoms with E-state index in [-0.39, 0.29) is 5.92 Å². The molecule has 0 spiro atoms. The molecule has 0 N–H and O–H groups in total. The zero-order chi connectivity index (χ0) is 20.5. The minimum absolute atomic E-state index is 0.157. The first-order valence-corrected chi connectivity index (χ1v) is 11.1. The number of carbonyl (C=O) groups excluding carboxylic acids is 1. The number of methoxy groups -OCH3 is 1. The van der Waals surface area contributed by atoms with Gasteiger partial charge in [-0.15, -0.1) is 0 Å². The Morgan fingerprint density at radius 1 is 1.03 bits per heavy atom. The molecule has 1 aliphatic carbocycles.